The van der Waals surface area contributed by atoms with Gasteiger partial charge >= 0.3 is 0 Å². The fraction of sp³-hybridized carbons (Fsp3) is 0.952. The number of aliphatic hydroxyl groups is 10. The van der Waals surface area contributed by atoms with Gasteiger partial charge in [0, 0.05) is 10.8 Å². The smallest absolute Gasteiger partial charge is 0.186 e. The molecule has 0 aromatic rings. The molecule has 14 nitrogen and oxygen atoms in total. The minimum Gasteiger partial charge on any atom is -0.394 e. The summed E-state index contributed by atoms with van der Waals surface area (Å²) in [6, 6.07) is 0. The molecule has 0 aromatic heterocycles. The predicted molar refractivity (Wildman–Crippen MR) is 200 cm³/mol. The lowest BCUT2D eigenvalue weighted by atomic mass is 9.33. The summed E-state index contributed by atoms with van der Waals surface area (Å²) < 4.78 is 23.9. The van der Waals surface area contributed by atoms with Gasteiger partial charge in [0.15, 0.2) is 12.6 Å². The summed E-state index contributed by atoms with van der Waals surface area (Å²) >= 11 is 0. The SMILES string of the molecule is CC1(C)CC[C@@]2(CO[C@@H]3O[C@H](CO)[C@@H](O)[C@H](O)[C@H]3O)[C@H](C1)C1=CC[C@@H]3[C@@]4(C)CC[C@H](O)[C@@](C)(CO[C@@H]5O[C@H](CO)[C@@H](O)[C@H](O)[C@H]5O)[C@@H]4CC[C@@]3(C)[C@]1(C)C[C@@H]2O. The van der Waals surface area contributed by atoms with Crippen molar-refractivity contribution in [1.29, 1.82) is 0 Å². The molecule has 10 N–H and O–H groups in total. The number of hydrogen-bond donors (Lipinski definition) is 10. The summed E-state index contributed by atoms with van der Waals surface area (Å²) in [5, 5.41) is 107. The van der Waals surface area contributed by atoms with E-state index in [0.717, 1.165) is 38.5 Å². The third-order valence-corrected chi connectivity index (χ3v) is 17.4. The second-order valence-electron chi connectivity index (χ2n) is 20.7. The van der Waals surface area contributed by atoms with Crippen LogP contribution in [0.2, 0.25) is 0 Å². The summed E-state index contributed by atoms with van der Waals surface area (Å²) in [4.78, 5) is 0. The molecule has 6 fully saturated rings. The number of aliphatic hydroxyl groups excluding tert-OH is 10. The Balaban J connectivity index is 1.17. The van der Waals surface area contributed by atoms with Gasteiger partial charge in [-0.25, -0.2) is 0 Å². The Bertz CT molecular complexity index is 1460. The molecule has 0 bridgehead atoms. The number of hydrogen-bond acceptors (Lipinski definition) is 14. The largest absolute Gasteiger partial charge is 0.394 e. The first-order valence-corrected chi connectivity index (χ1v) is 21.0. The van der Waals surface area contributed by atoms with Crippen molar-refractivity contribution in [2.24, 2.45) is 50.2 Å². The Morgan fingerprint density at radius 3 is 1.77 bits per heavy atom. The standard InChI is InChI=1S/C42H70O14/c1-37(2)13-14-42(20-54-36-34(52)32(50)30(48)24(18-44)56-36)22(15-37)21-7-8-26-38(3)11-10-27(45)39(4,19-53-35-33(51)31(49)29(47)23(17-43)55-35)25(38)9-12-40(26,5)41(21,6)16-28(42)46/h7,22-36,43-52H,8-20H2,1-6H3/t22-,23-,24-,25-,26-,27+,28+,29-,30-,31+,32+,33-,34-,35-,36-,38+,39+,40-,41-,42-/m1/s1. The number of ether oxygens (including phenoxy) is 4. The van der Waals surface area contributed by atoms with Crippen LogP contribution in [0.25, 0.3) is 0 Å². The van der Waals surface area contributed by atoms with Crippen LogP contribution in [0.15, 0.2) is 11.6 Å². The van der Waals surface area contributed by atoms with Crippen LogP contribution < -0.4 is 0 Å². The molecule has 322 valence electrons. The third kappa shape index (κ3) is 6.42. The highest BCUT2D eigenvalue weighted by Crippen LogP contribution is 2.76. The van der Waals surface area contributed by atoms with Crippen LogP contribution in [0.5, 0.6) is 0 Å². The van der Waals surface area contributed by atoms with E-state index >= 15 is 0 Å². The van der Waals surface area contributed by atoms with E-state index in [0.29, 0.717) is 19.3 Å². The van der Waals surface area contributed by atoms with E-state index in [-0.39, 0.29) is 52.6 Å². The van der Waals surface area contributed by atoms with Crippen molar-refractivity contribution in [3.8, 4) is 0 Å². The lowest BCUT2D eigenvalue weighted by molar-refractivity contribution is -0.317. The fourth-order valence-electron chi connectivity index (χ4n) is 13.6. The van der Waals surface area contributed by atoms with Crippen molar-refractivity contribution in [3.05, 3.63) is 11.6 Å². The lowest BCUT2D eigenvalue weighted by Gasteiger charge is -2.72. The molecule has 0 radical (unpaired) electrons. The Kier molecular flexibility index (Phi) is 11.6. The second-order valence-corrected chi connectivity index (χ2v) is 20.7. The Morgan fingerprint density at radius 2 is 1.20 bits per heavy atom. The van der Waals surface area contributed by atoms with Gasteiger partial charge in [0.05, 0.1) is 38.6 Å². The fourth-order valence-corrected chi connectivity index (χ4v) is 13.6. The zero-order chi connectivity index (χ0) is 41.0. The quantitative estimate of drug-likeness (QED) is 0.153. The number of rotatable bonds is 8. The van der Waals surface area contributed by atoms with E-state index in [2.05, 4.69) is 40.7 Å². The molecule has 4 saturated carbocycles. The van der Waals surface area contributed by atoms with Crippen molar-refractivity contribution in [1.82, 2.24) is 0 Å². The van der Waals surface area contributed by atoms with Crippen molar-refractivity contribution >= 4 is 0 Å². The van der Waals surface area contributed by atoms with Crippen molar-refractivity contribution < 1.29 is 70.0 Å². The van der Waals surface area contributed by atoms with Crippen LogP contribution in [0.3, 0.4) is 0 Å². The first-order valence-electron chi connectivity index (χ1n) is 21.0. The van der Waals surface area contributed by atoms with Crippen LogP contribution in [-0.2, 0) is 18.9 Å². The van der Waals surface area contributed by atoms with Crippen LogP contribution in [0.1, 0.15) is 99.3 Å². The molecular formula is C42H70O14. The van der Waals surface area contributed by atoms with Crippen molar-refractivity contribution in [2.45, 2.75) is 173 Å². The van der Waals surface area contributed by atoms with E-state index in [4.69, 9.17) is 18.9 Å². The molecule has 2 aliphatic heterocycles. The van der Waals surface area contributed by atoms with Gasteiger partial charge in [0.25, 0.3) is 0 Å². The molecule has 0 unspecified atom stereocenters. The summed E-state index contributed by atoms with van der Waals surface area (Å²) in [6.07, 6.45) is -6.14. The topological polar surface area (TPSA) is 239 Å². The van der Waals surface area contributed by atoms with E-state index in [1.165, 1.54) is 5.57 Å². The predicted octanol–water partition coefficient (Wildman–Crippen LogP) is 0.733. The minimum atomic E-state index is -1.56. The van der Waals surface area contributed by atoms with Gasteiger partial charge in [0.1, 0.15) is 48.8 Å². The van der Waals surface area contributed by atoms with E-state index < -0.39 is 97.7 Å². The molecule has 56 heavy (non-hydrogen) atoms. The summed E-state index contributed by atoms with van der Waals surface area (Å²) in [6.45, 7) is 12.7. The van der Waals surface area contributed by atoms with Crippen LogP contribution in [0, 0.1) is 50.2 Å². The molecule has 5 aliphatic carbocycles. The van der Waals surface area contributed by atoms with Crippen molar-refractivity contribution in [3.63, 3.8) is 0 Å². The first-order chi connectivity index (χ1) is 26.1. The first kappa shape index (κ1) is 43.3. The maximum Gasteiger partial charge on any atom is 0.186 e. The Morgan fingerprint density at radius 1 is 0.625 bits per heavy atom. The molecule has 0 spiro atoms. The van der Waals surface area contributed by atoms with Gasteiger partial charge in [0.2, 0.25) is 0 Å². The molecule has 20 atom stereocenters. The summed E-state index contributed by atoms with van der Waals surface area (Å²) in [5.74, 6) is 0.218. The highest BCUT2D eigenvalue weighted by atomic mass is 16.7. The summed E-state index contributed by atoms with van der Waals surface area (Å²) in [7, 11) is 0. The van der Waals surface area contributed by atoms with Gasteiger partial charge in [-0.15, -0.1) is 0 Å². The van der Waals surface area contributed by atoms with Gasteiger partial charge < -0.3 is 70.0 Å². The normalized spacial score (nSPS) is 55.6. The zero-order valence-corrected chi connectivity index (χ0v) is 34.0. The van der Waals surface area contributed by atoms with Crippen molar-refractivity contribution in [2.75, 3.05) is 26.4 Å². The second kappa shape index (κ2) is 15.0. The Labute approximate surface area is 330 Å². The van der Waals surface area contributed by atoms with Gasteiger partial charge in [-0.3, -0.25) is 0 Å². The van der Waals surface area contributed by atoms with Gasteiger partial charge in [-0.2, -0.15) is 0 Å². The maximum absolute atomic E-state index is 12.6. The summed E-state index contributed by atoms with van der Waals surface area (Å²) in [5.41, 5.74) is -0.863. The van der Waals surface area contributed by atoms with Crippen LogP contribution in [0.4, 0.5) is 0 Å². The van der Waals surface area contributed by atoms with E-state index in [9.17, 15) is 51.1 Å². The average Bonchev–Trinajstić information content (AvgIpc) is 3.15. The Hall–Kier alpha value is -0.820. The maximum atomic E-state index is 12.6. The highest BCUT2D eigenvalue weighted by Gasteiger charge is 2.70. The zero-order valence-electron chi connectivity index (χ0n) is 34.0. The molecule has 7 aliphatic rings. The monoisotopic (exact) mass is 798 g/mol. The molecular weight excluding hydrogens is 728 g/mol. The molecule has 7 rings (SSSR count). The molecule has 0 aromatic carbocycles. The van der Waals surface area contributed by atoms with Gasteiger partial charge in [-0.1, -0.05) is 53.2 Å². The van der Waals surface area contributed by atoms with Crippen LogP contribution >= 0.6 is 0 Å². The highest BCUT2D eigenvalue weighted by molar-refractivity contribution is 5.35. The van der Waals surface area contributed by atoms with Gasteiger partial charge in [-0.05, 0) is 97.2 Å². The molecule has 14 heteroatoms. The number of allylic oxidation sites excluding steroid dienone is 2. The van der Waals surface area contributed by atoms with E-state index in [1.807, 2.05) is 6.92 Å². The minimum absolute atomic E-state index is 0.000215. The number of fused-ring (bicyclic) bond motifs is 7. The average molecular weight is 799 g/mol. The molecule has 2 heterocycles. The third-order valence-electron chi connectivity index (χ3n) is 17.4. The van der Waals surface area contributed by atoms with E-state index in [1.54, 1.807) is 0 Å². The molecule has 2 saturated heterocycles. The van der Waals surface area contributed by atoms with Crippen LogP contribution in [-0.4, -0.2) is 151 Å². The lowest BCUT2D eigenvalue weighted by Crippen LogP contribution is -2.68. The molecule has 0 amide bonds.